The average molecular weight is 1500 g/mol. The van der Waals surface area contributed by atoms with E-state index in [0.29, 0.717) is 68.6 Å². The average Bonchev–Trinajstić information content (AvgIpc) is 1.80. The van der Waals surface area contributed by atoms with Crippen LogP contribution in [0.15, 0.2) is 78.9 Å². The fourth-order valence-corrected chi connectivity index (χ4v) is 11.3. The van der Waals surface area contributed by atoms with Gasteiger partial charge in [-0.2, -0.15) is 26.3 Å². The monoisotopic (exact) mass is 1500 g/mol. The summed E-state index contributed by atoms with van der Waals surface area (Å²) in [5, 5.41) is 41.4. The van der Waals surface area contributed by atoms with Gasteiger partial charge in [-0.15, -0.1) is 0 Å². The summed E-state index contributed by atoms with van der Waals surface area (Å²) >= 11 is 0. The maximum atomic E-state index is 14.7. The van der Waals surface area contributed by atoms with Crippen molar-refractivity contribution in [2.24, 2.45) is 41.1 Å². The second kappa shape index (κ2) is 44.6. The highest BCUT2D eigenvalue weighted by Gasteiger charge is 2.44. The molecule has 1 heterocycles. The van der Waals surface area contributed by atoms with E-state index in [4.69, 9.17) is 45.5 Å². The van der Waals surface area contributed by atoms with Crippen LogP contribution in [0, 0.1) is 29.6 Å². The number of carboxylic acid groups (broad SMARTS) is 3. The predicted octanol–water partition coefficient (Wildman–Crippen LogP) is 7.00. The van der Waals surface area contributed by atoms with Gasteiger partial charge in [-0.3, -0.25) is 33.7 Å². The Labute approximate surface area is 608 Å². The molecule has 4 rings (SSSR count). The van der Waals surface area contributed by atoms with Crippen LogP contribution < -0.4 is 48.3 Å². The van der Waals surface area contributed by atoms with Gasteiger partial charge in [0.05, 0.1) is 48.7 Å². The molecule has 13 N–H and O–H groups in total. The van der Waals surface area contributed by atoms with Crippen molar-refractivity contribution in [3.63, 3.8) is 0 Å². The van der Waals surface area contributed by atoms with Gasteiger partial charge in [0.25, 0.3) is 0 Å². The first-order valence-electron chi connectivity index (χ1n) is 34.3. The number of hydrogen-bond donors (Lipinski definition) is 11. The minimum atomic E-state index is -5.08. The number of nitrogens with zero attached hydrogens (tertiary/aromatic N) is 3. The molecule has 0 aliphatic carbocycles. The zero-order chi connectivity index (χ0) is 79.8. The molecule has 11 atom stereocenters. The minimum Gasteiger partial charge on any atom is -0.480 e. The first-order valence-corrected chi connectivity index (χ1v) is 34.3. The van der Waals surface area contributed by atoms with Gasteiger partial charge >= 0.3 is 42.4 Å². The number of carbonyl (C=O) groups is 11. The molecule has 0 radical (unpaired) electrons. The zero-order valence-electron chi connectivity index (χ0n) is 61.6. The SMILES string of the molecule is CC[C@H](C)[C@@H]([C@@H](CC(=O)N1CCC[C@H]1[C@H](OC)[C@@H](C)C(=O)N[C@@H](Cc1ccccc1)C(=O)O)OC)N(C)C(=O)[C@@H](NC(=O)[C@@H](NCCCc1ccc(N(C)C(=O)OCc2ccc(NC(=O)[C@H](CCCNC(N)=O)NC(=O)[C@@H](N)C(C)C)cc2)cc1)C(C)C)C(C)C.O=C(O)C(F)(F)F.O=C(O)C(F)(F)F. The molecule has 1 saturated heterocycles. The molecule has 0 bridgehead atoms. The zero-order valence-corrected chi connectivity index (χ0v) is 61.6. The van der Waals surface area contributed by atoms with Crippen LogP contribution in [0.4, 0.5) is 47.3 Å². The molecular formula is C71H105F6N11O17. The number of aryl methyl sites for hydroxylation is 1. The van der Waals surface area contributed by atoms with Crippen LogP contribution in [0.25, 0.3) is 0 Å². The van der Waals surface area contributed by atoms with E-state index in [1.165, 1.54) is 19.1 Å². The van der Waals surface area contributed by atoms with E-state index in [0.717, 1.165) is 11.1 Å². The predicted molar refractivity (Wildman–Crippen MR) is 377 cm³/mol. The number of likely N-dealkylation sites (tertiary alicyclic amines) is 1. The number of anilines is 2. The lowest BCUT2D eigenvalue weighted by Gasteiger charge is -2.41. The Morgan fingerprint density at radius 2 is 1.21 bits per heavy atom. The summed E-state index contributed by atoms with van der Waals surface area (Å²) in [5.41, 5.74) is 14.7. The number of carboxylic acids is 3. The van der Waals surface area contributed by atoms with Crippen LogP contribution in [0.2, 0.25) is 0 Å². The van der Waals surface area contributed by atoms with Crippen molar-refractivity contribution in [2.45, 2.75) is 194 Å². The van der Waals surface area contributed by atoms with Crippen LogP contribution in [0.5, 0.6) is 0 Å². The fourth-order valence-electron chi connectivity index (χ4n) is 11.3. The number of likely N-dealkylation sites (N-methyl/N-ethyl adjacent to an activating group) is 1. The van der Waals surface area contributed by atoms with E-state index in [-0.39, 0.29) is 73.8 Å². The third kappa shape index (κ3) is 31.2. The van der Waals surface area contributed by atoms with Crippen LogP contribution in [0.1, 0.15) is 124 Å². The Bertz CT molecular complexity index is 3260. The lowest BCUT2D eigenvalue weighted by molar-refractivity contribution is -0.193. The van der Waals surface area contributed by atoms with Crippen molar-refractivity contribution in [1.29, 1.82) is 0 Å². The van der Waals surface area contributed by atoms with Gasteiger partial charge in [-0.1, -0.05) is 123 Å². The van der Waals surface area contributed by atoms with Crippen LogP contribution in [-0.2, 0) is 76.8 Å². The van der Waals surface area contributed by atoms with E-state index in [1.54, 1.807) is 93.2 Å². The number of nitrogens with two attached hydrogens (primary N) is 2. The number of halogens is 6. The number of carbonyl (C=O) groups excluding carboxylic acids is 8. The molecule has 3 aromatic rings. The molecule has 34 heteroatoms. The molecule has 0 spiro atoms. The smallest absolute Gasteiger partial charge is 0.480 e. The normalized spacial score (nSPS) is 15.8. The van der Waals surface area contributed by atoms with E-state index in [9.17, 15) is 74.6 Å². The highest BCUT2D eigenvalue weighted by Crippen LogP contribution is 2.31. The summed E-state index contributed by atoms with van der Waals surface area (Å²) < 4.78 is 81.1. The van der Waals surface area contributed by atoms with Crippen molar-refractivity contribution in [3.8, 4) is 0 Å². The molecule has 9 amide bonds. The van der Waals surface area contributed by atoms with Gasteiger partial charge < -0.3 is 82.7 Å². The molecule has 0 saturated carbocycles. The summed E-state index contributed by atoms with van der Waals surface area (Å²) in [4.78, 5) is 142. The first kappa shape index (κ1) is 91.9. The quantitative estimate of drug-likeness (QED) is 0.0204. The van der Waals surface area contributed by atoms with Crippen LogP contribution >= 0.6 is 0 Å². The Balaban J connectivity index is 0.00000242. The van der Waals surface area contributed by atoms with E-state index < -0.39 is 121 Å². The number of nitrogens with one attached hydrogen (secondary N) is 6. The van der Waals surface area contributed by atoms with Gasteiger partial charge in [0, 0.05) is 59.2 Å². The Hall–Kier alpha value is -9.15. The number of amides is 9. The third-order valence-electron chi connectivity index (χ3n) is 17.6. The molecule has 0 unspecified atom stereocenters. The highest BCUT2D eigenvalue weighted by molar-refractivity contribution is 5.98. The number of rotatable bonds is 37. The molecule has 1 aliphatic rings. The molecular weight excluding hydrogens is 1390 g/mol. The summed E-state index contributed by atoms with van der Waals surface area (Å²) in [6, 6.07) is 17.1. The maximum Gasteiger partial charge on any atom is 0.490 e. The van der Waals surface area contributed by atoms with Gasteiger partial charge in [0.2, 0.25) is 35.4 Å². The fraction of sp³-hybridized carbons (Fsp3) is 0.592. The largest absolute Gasteiger partial charge is 0.490 e. The summed E-state index contributed by atoms with van der Waals surface area (Å²) in [5.74, 6) is -10.5. The summed E-state index contributed by atoms with van der Waals surface area (Å²) in [6.07, 6.45) is -8.36. The van der Waals surface area contributed by atoms with Crippen molar-refractivity contribution >= 4 is 76.9 Å². The Morgan fingerprint density at radius 1 is 0.657 bits per heavy atom. The lowest BCUT2D eigenvalue weighted by Crippen LogP contribution is -2.60. The van der Waals surface area contributed by atoms with Gasteiger partial charge in [0.1, 0.15) is 24.7 Å². The van der Waals surface area contributed by atoms with Gasteiger partial charge in [-0.25, -0.2) is 24.0 Å². The van der Waals surface area contributed by atoms with E-state index in [1.807, 2.05) is 71.9 Å². The molecule has 1 aliphatic heterocycles. The number of ether oxygens (including phenoxy) is 3. The topological polar surface area (TPSA) is 410 Å². The molecule has 105 heavy (non-hydrogen) atoms. The van der Waals surface area contributed by atoms with Crippen LogP contribution in [0.3, 0.4) is 0 Å². The third-order valence-corrected chi connectivity index (χ3v) is 17.6. The number of hydrogen-bond acceptors (Lipinski definition) is 16. The van der Waals surface area contributed by atoms with Crippen molar-refractivity contribution in [1.82, 2.24) is 36.4 Å². The number of urea groups is 1. The first-order chi connectivity index (χ1) is 49.0. The molecule has 588 valence electrons. The lowest BCUT2D eigenvalue weighted by atomic mass is 9.89. The van der Waals surface area contributed by atoms with Crippen molar-refractivity contribution in [3.05, 3.63) is 95.6 Å². The minimum absolute atomic E-state index is 0.0411. The standard InChI is InChI=1S/C67H103N11O13.2C2HF3O2/c1-14-43(8)58(53(89-12)38-54(79)78-36-20-25-52(78)59(90-13)44(9)60(80)74-51(65(85)86)37-46-21-16-15-17-22-46)77(11)64(84)57(42(6)7)75-63(83)56(41(4)5)70-34-18-23-45-28-32-49(33-29-45)76(10)67(88)91-39-47-26-30-48(31-27-47)72-61(81)50(24-19-35-71-66(69)87)73-62(82)55(68)40(2)3;2*3-2(4,5)1(6)7/h15-17,21-22,26-33,40-44,50-53,55-59,70H,14,18-20,23-25,34-39,68H2,1-13H3,(H,72,81)(H,73,82)(H,74,80)(H,75,83)(H,85,86)(H3,69,71,87);2*(H,6,7)/t43-,44+,50-,51-,52-,53+,55-,56-,57-,58-,59+;;/m0../s1. The number of alkyl halides is 6. The maximum absolute atomic E-state index is 14.7. The summed E-state index contributed by atoms with van der Waals surface area (Å²) in [7, 11) is 6.30. The Kier molecular flexibility index (Phi) is 39.1. The summed E-state index contributed by atoms with van der Waals surface area (Å²) in [6.45, 7) is 18.0. The number of aliphatic carboxylic acids is 3. The molecule has 0 aromatic heterocycles. The van der Waals surface area contributed by atoms with Crippen molar-refractivity contribution < 1.29 is 109 Å². The number of primary amides is 1. The number of benzene rings is 3. The Morgan fingerprint density at radius 3 is 1.70 bits per heavy atom. The van der Waals surface area contributed by atoms with Gasteiger partial charge in [-0.05, 0) is 110 Å². The highest BCUT2D eigenvalue weighted by atomic mass is 19.4. The van der Waals surface area contributed by atoms with Crippen molar-refractivity contribution in [2.75, 3.05) is 58.2 Å². The molecule has 28 nitrogen and oxygen atoms in total. The van der Waals surface area contributed by atoms with E-state index in [2.05, 4.69) is 31.9 Å². The van der Waals surface area contributed by atoms with Gasteiger partial charge in [0.15, 0.2) is 0 Å². The van der Waals surface area contributed by atoms with Crippen LogP contribution in [-0.4, -0.2) is 205 Å². The second-order valence-corrected chi connectivity index (χ2v) is 26.5. The number of methoxy groups -OCH3 is 2. The molecule has 1 fully saturated rings. The second-order valence-electron chi connectivity index (χ2n) is 26.5. The molecule has 3 aromatic carbocycles. The van der Waals surface area contributed by atoms with E-state index >= 15 is 0 Å².